The van der Waals surface area contributed by atoms with Gasteiger partial charge in [0.1, 0.15) is 17.6 Å². The number of unbranched alkanes of at least 4 members (excludes halogenated alkanes) is 3. The van der Waals surface area contributed by atoms with Gasteiger partial charge in [0.15, 0.2) is 5.69 Å². The van der Waals surface area contributed by atoms with Crippen LogP contribution in [0, 0.1) is 11.3 Å². The summed E-state index contributed by atoms with van der Waals surface area (Å²) in [5.41, 5.74) is 2.89. The molecule has 0 spiro atoms. The van der Waals surface area contributed by atoms with Crippen molar-refractivity contribution < 1.29 is 4.79 Å². The monoisotopic (exact) mass is 447 g/mol. The summed E-state index contributed by atoms with van der Waals surface area (Å²) in [7, 11) is 1.86. The second-order valence-corrected chi connectivity index (χ2v) is 9.58. The lowest BCUT2D eigenvalue weighted by Crippen LogP contribution is -2.46. The molecule has 33 heavy (non-hydrogen) atoms. The summed E-state index contributed by atoms with van der Waals surface area (Å²) in [6.07, 6.45) is 10.6. The molecule has 0 bridgehead atoms. The van der Waals surface area contributed by atoms with Gasteiger partial charge >= 0.3 is 0 Å². The summed E-state index contributed by atoms with van der Waals surface area (Å²) in [4.78, 5) is 22.5. The third-order valence-corrected chi connectivity index (χ3v) is 7.32. The Morgan fingerprint density at radius 2 is 1.88 bits per heavy atom. The minimum absolute atomic E-state index is 0.0663. The Hall–Kier alpha value is -2.65. The first-order chi connectivity index (χ1) is 16.1. The van der Waals surface area contributed by atoms with E-state index in [-0.39, 0.29) is 11.6 Å². The van der Waals surface area contributed by atoms with E-state index in [0.29, 0.717) is 17.6 Å². The van der Waals surface area contributed by atoms with Gasteiger partial charge in [-0.05, 0) is 63.2 Å². The van der Waals surface area contributed by atoms with Crippen molar-refractivity contribution in [3.8, 4) is 17.5 Å². The number of hydrogen-bond donors (Lipinski definition) is 0. The molecule has 0 unspecified atom stereocenters. The molecule has 2 saturated heterocycles. The molecule has 2 aliphatic rings. The van der Waals surface area contributed by atoms with Gasteiger partial charge in [-0.25, -0.2) is 4.98 Å². The maximum atomic E-state index is 13.4. The minimum Gasteiger partial charge on any atom is -0.337 e. The lowest BCUT2D eigenvalue weighted by atomic mass is 10.0. The molecule has 1 amide bonds. The maximum absolute atomic E-state index is 13.4. The molecule has 2 aromatic rings. The number of carbonyl (C=O) groups excluding carboxylic acids is 1. The van der Waals surface area contributed by atoms with Crippen LogP contribution in [0.15, 0.2) is 24.3 Å². The zero-order valence-electron chi connectivity index (χ0n) is 20.2. The standard InChI is InChI=1S/C27H37N5O/c1-3-4-5-6-10-21-11-9-12-22(19-21)26-29-24(20-28)25(30(26)2)27(33)32-17-13-23(14-18-32)31-15-7-8-16-31/h9,11-12,19,23H,3-8,10,13-18H2,1-2H3. The van der Waals surface area contributed by atoms with E-state index < -0.39 is 0 Å². The van der Waals surface area contributed by atoms with Crippen LogP contribution in [0.1, 0.15) is 80.0 Å². The fraction of sp³-hybridized carbons (Fsp3) is 0.593. The van der Waals surface area contributed by atoms with Gasteiger partial charge in [-0.15, -0.1) is 0 Å². The summed E-state index contributed by atoms with van der Waals surface area (Å²) in [6, 6.07) is 11.2. The Kier molecular flexibility index (Phi) is 7.82. The molecule has 0 aliphatic carbocycles. The summed E-state index contributed by atoms with van der Waals surface area (Å²) < 4.78 is 1.82. The topological polar surface area (TPSA) is 65.2 Å². The van der Waals surface area contributed by atoms with Gasteiger partial charge in [-0.3, -0.25) is 4.79 Å². The van der Waals surface area contributed by atoms with Gasteiger partial charge in [0.2, 0.25) is 0 Å². The first kappa shape index (κ1) is 23.5. The van der Waals surface area contributed by atoms with Crippen molar-refractivity contribution in [2.45, 2.75) is 70.8 Å². The third kappa shape index (κ3) is 5.30. The van der Waals surface area contributed by atoms with Gasteiger partial charge in [-0.1, -0.05) is 44.4 Å². The first-order valence-electron chi connectivity index (χ1n) is 12.7. The highest BCUT2D eigenvalue weighted by molar-refractivity contribution is 5.95. The van der Waals surface area contributed by atoms with E-state index in [2.05, 4.69) is 41.1 Å². The molecule has 2 aliphatic heterocycles. The lowest BCUT2D eigenvalue weighted by Gasteiger charge is -2.36. The molecule has 6 heteroatoms. The maximum Gasteiger partial charge on any atom is 0.273 e. The van der Waals surface area contributed by atoms with Crippen LogP contribution in [0.3, 0.4) is 0 Å². The number of nitriles is 1. The quantitative estimate of drug-likeness (QED) is 0.546. The molecule has 2 fully saturated rings. The summed E-state index contributed by atoms with van der Waals surface area (Å²) in [5, 5.41) is 9.75. The fourth-order valence-corrected chi connectivity index (χ4v) is 5.39. The summed E-state index contributed by atoms with van der Waals surface area (Å²) >= 11 is 0. The van der Waals surface area contributed by atoms with Crippen LogP contribution < -0.4 is 0 Å². The lowest BCUT2D eigenvalue weighted by molar-refractivity contribution is 0.0635. The molecule has 0 radical (unpaired) electrons. The average molecular weight is 448 g/mol. The van der Waals surface area contributed by atoms with Gasteiger partial charge in [-0.2, -0.15) is 5.26 Å². The zero-order valence-corrected chi connectivity index (χ0v) is 20.2. The summed E-state index contributed by atoms with van der Waals surface area (Å²) in [6.45, 7) is 6.11. The van der Waals surface area contributed by atoms with Crippen molar-refractivity contribution in [3.63, 3.8) is 0 Å². The molecular formula is C27H37N5O. The van der Waals surface area contributed by atoms with Crippen LogP contribution in [0.2, 0.25) is 0 Å². The molecule has 176 valence electrons. The number of aryl methyl sites for hydroxylation is 1. The van der Waals surface area contributed by atoms with Crippen LogP contribution in [0.5, 0.6) is 0 Å². The number of aromatic nitrogens is 2. The Morgan fingerprint density at radius 3 is 2.58 bits per heavy atom. The number of benzene rings is 1. The van der Waals surface area contributed by atoms with E-state index in [1.807, 2.05) is 22.6 Å². The van der Waals surface area contributed by atoms with Crippen LogP contribution >= 0.6 is 0 Å². The molecular weight excluding hydrogens is 410 g/mol. The summed E-state index contributed by atoms with van der Waals surface area (Å²) in [5.74, 6) is 0.626. The van der Waals surface area contributed by atoms with E-state index >= 15 is 0 Å². The number of amides is 1. The van der Waals surface area contributed by atoms with Crippen LogP contribution in [-0.2, 0) is 13.5 Å². The Bertz CT molecular complexity index is 990. The average Bonchev–Trinajstić information content (AvgIpc) is 3.50. The predicted octanol–water partition coefficient (Wildman–Crippen LogP) is 4.78. The van der Waals surface area contributed by atoms with Gasteiger partial charge in [0, 0.05) is 31.7 Å². The number of imidazole rings is 1. The van der Waals surface area contributed by atoms with Crippen molar-refractivity contribution >= 4 is 5.91 Å². The van der Waals surface area contributed by atoms with Crippen molar-refractivity contribution in [2.75, 3.05) is 26.2 Å². The third-order valence-electron chi connectivity index (χ3n) is 7.32. The minimum atomic E-state index is -0.0663. The van der Waals surface area contributed by atoms with Crippen molar-refractivity contribution in [1.82, 2.24) is 19.4 Å². The molecule has 1 aromatic heterocycles. The molecule has 4 rings (SSSR count). The van der Waals surface area contributed by atoms with Gasteiger partial charge in [0.25, 0.3) is 5.91 Å². The highest BCUT2D eigenvalue weighted by atomic mass is 16.2. The fourth-order valence-electron chi connectivity index (χ4n) is 5.39. The second-order valence-electron chi connectivity index (χ2n) is 9.58. The number of piperidine rings is 1. The van der Waals surface area contributed by atoms with E-state index in [4.69, 9.17) is 0 Å². The predicted molar refractivity (Wildman–Crippen MR) is 131 cm³/mol. The number of hydrogen-bond acceptors (Lipinski definition) is 4. The number of nitrogens with zero attached hydrogens (tertiary/aromatic N) is 5. The Labute approximate surface area is 198 Å². The molecule has 1 aromatic carbocycles. The largest absolute Gasteiger partial charge is 0.337 e. The number of carbonyl (C=O) groups is 1. The molecule has 0 N–H and O–H groups in total. The highest BCUT2D eigenvalue weighted by Gasteiger charge is 2.31. The van der Waals surface area contributed by atoms with Crippen LogP contribution in [0.4, 0.5) is 0 Å². The molecule has 3 heterocycles. The highest BCUT2D eigenvalue weighted by Crippen LogP contribution is 2.26. The number of rotatable bonds is 8. The second kappa shape index (κ2) is 11.0. The van der Waals surface area contributed by atoms with Gasteiger partial charge < -0.3 is 14.4 Å². The van der Waals surface area contributed by atoms with Crippen molar-refractivity contribution in [1.29, 1.82) is 5.26 Å². The van der Waals surface area contributed by atoms with Crippen LogP contribution in [0.25, 0.3) is 11.4 Å². The smallest absolute Gasteiger partial charge is 0.273 e. The van der Waals surface area contributed by atoms with E-state index in [1.165, 1.54) is 57.2 Å². The van der Waals surface area contributed by atoms with E-state index in [1.54, 1.807) is 0 Å². The van der Waals surface area contributed by atoms with Crippen LogP contribution in [-0.4, -0.2) is 57.5 Å². The van der Waals surface area contributed by atoms with Crippen molar-refractivity contribution in [2.24, 2.45) is 7.05 Å². The normalized spacial score (nSPS) is 17.4. The Morgan fingerprint density at radius 1 is 1.12 bits per heavy atom. The van der Waals surface area contributed by atoms with E-state index in [9.17, 15) is 10.1 Å². The Balaban J connectivity index is 1.49. The molecule has 0 atom stereocenters. The SMILES string of the molecule is CCCCCCc1cccc(-c2nc(C#N)c(C(=O)N3CCC(N4CCCC4)CC3)n2C)c1. The number of likely N-dealkylation sites (tertiary alicyclic amines) is 2. The molecule has 0 saturated carbocycles. The zero-order chi connectivity index (χ0) is 23.2. The molecule has 6 nitrogen and oxygen atoms in total. The van der Waals surface area contributed by atoms with Crippen molar-refractivity contribution in [3.05, 3.63) is 41.2 Å². The van der Waals surface area contributed by atoms with E-state index in [0.717, 1.165) is 37.9 Å². The first-order valence-corrected chi connectivity index (χ1v) is 12.7. The van der Waals surface area contributed by atoms with Gasteiger partial charge in [0.05, 0.1) is 0 Å².